The molecule has 0 unspecified atom stereocenters. The van der Waals surface area contributed by atoms with Gasteiger partial charge in [0.05, 0.1) is 6.42 Å². The smallest absolute Gasteiger partial charge is 0.305 e. The molecule has 3 N–H and O–H groups in total. The Morgan fingerprint density at radius 1 is 0.955 bits per heavy atom. The molecular formula is C14H10N4O4. The molecule has 0 atom stereocenters. The molecule has 8 heteroatoms. The van der Waals surface area contributed by atoms with Crippen LogP contribution in [-0.4, -0.2) is 25.7 Å². The molecule has 2 heterocycles. The number of hydrogen-bond acceptors (Lipinski definition) is 5. The predicted octanol–water partition coefficient (Wildman–Crippen LogP) is -0.275. The topological polar surface area (TPSA) is 129 Å². The van der Waals surface area contributed by atoms with E-state index in [1.807, 2.05) is 4.98 Å². The Morgan fingerprint density at radius 3 is 2.41 bits per heavy atom. The van der Waals surface area contributed by atoms with Gasteiger partial charge in [0, 0.05) is 5.56 Å². The molecule has 3 aromatic rings. The predicted molar refractivity (Wildman–Crippen MR) is 78.1 cm³/mol. The Morgan fingerprint density at radius 2 is 1.68 bits per heavy atom. The van der Waals surface area contributed by atoms with Crippen LogP contribution in [0.1, 0.15) is 16.1 Å². The van der Waals surface area contributed by atoms with Crippen molar-refractivity contribution in [2.24, 2.45) is 0 Å². The standard InChI is InChI=1S/C14H10N4O4/c19-9(7-4-2-1-3-5-7)6-8-12(20)16-11-10(15-8)13(21)18-14(22)17-11/h1-5H,6H2,(H3,16,17,18,20,21,22). The van der Waals surface area contributed by atoms with Crippen LogP contribution in [0.3, 0.4) is 0 Å². The summed E-state index contributed by atoms with van der Waals surface area (Å²) in [6.45, 7) is 0. The number of H-pyrrole nitrogens is 3. The SMILES string of the molecule is O=C(Cc1nc2c(=O)[nH]c(=O)[nH]c2[nH]c1=O)c1ccccc1. The van der Waals surface area contributed by atoms with Crippen LogP contribution >= 0.6 is 0 Å². The van der Waals surface area contributed by atoms with Crippen molar-refractivity contribution in [3.63, 3.8) is 0 Å². The van der Waals surface area contributed by atoms with Gasteiger partial charge in [0.2, 0.25) is 0 Å². The maximum atomic E-state index is 12.1. The molecule has 0 spiro atoms. The Bertz CT molecular complexity index is 1030. The number of rotatable bonds is 3. The largest absolute Gasteiger partial charge is 0.327 e. The first kappa shape index (κ1) is 13.7. The first-order valence-electron chi connectivity index (χ1n) is 6.38. The quantitative estimate of drug-likeness (QED) is 0.573. The van der Waals surface area contributed by atoms with Crippen LogP contribution in [0.2, 0.25) is 0 Å². The first-order chi connectivity index (χ1) is 10.5. The Hall–Kier alpha value is -3.29. The van der Waals surface area contributed by atoms with Crippen molar-refractivity contribution < 1.29 is 4.79 Å². The number of Topliss-reactive ketones (excluding diaryl/α,β-unsaturated/α-hetero) is 1. The van der Waals surface area contributed by atoms with E-state index in [1.54, 1.807) is 30.3 Å². The molecule has 0 aliphatic rings. The van der Waals surface area contributed by atoms with Gasteiger partial charge in [0.15, 0.2) is 11.3 Å². The van der Waals surface area contributed by atoms with Crippen molar-refractivity contribution >= 4 is 16.9 Å². The summed E-state index contributed by atoms with van der Waals surface area (Å²) in [6.07, 6.45) is -0.242. The summed E-state index contributed by atoms with van der Waals surface area (Å²) in [7, 11) is 0. The van der Waals surface area contributed by atoms with E-state index in [9.17, 15) is 19.2 Å². The van der Waals surface area contributed by atoms with Gasteiger partial charge in [-0.25, -0.2) is 9.78 Å². The third kappa shape index (κ3) is 2.49. The number of carbonyl (C=O) groups excluding carboxylic acids is 1. The minimum Gasteiger partial charge on any atom is -0.305 e. The summed E-state index contributed by atoms with van der Waals surface area (Å²) in [5.74, 6) is -0.293. The summed E-state index contributed by atoms with van der Waals surface area (Å²) >= 11 is 0. The van der Waals surface area contributed by atoms with Crippen LogP contribution in [0.15, 0.2) is 44.7 Å². The fourth-order valence-corrected chi connectivity index (χ4v) is 2.05. The zero-order valence-electron chi connectivity index (χ0n) is 11.2. The van der Waals surface area contributed by atoms with E-state index in [-0.39, 0.29) is 29.1 Å². The van der Waals surface area contributed by atoms with Crippen molar-refractivity contribution in [2.75, 3.05) is 0 Å². The first-order valence-corrected chi connectivity index (χ1v) is 6.38. The maximum absolute atomic E-state index is 12.1. The van der Waals surface area contributed by atoms with Gasteiger partial charge in [-0.15, -0.1) is 0 Å². The molecule has 0 saturated heterocycles. The zero-order chi connectivity index (χ0) is 15.7. The van der Waals surface area contributed by atoms with E-state index in [0.717, 1.165) is 0 Å². The Labute approximate surface area is 121 Å². The highest BCUT2D eigenvalue weighted by atomic mass is 16.2. The van der Waals surface area contributed by atoms with Gasteiger partial charge in [-0.2, -0.15) is 0 Å². The minimum absolute atomic E-state index is 0.0744. The second kappa shape index (κ2) is 5.24. The molecule has 0 aliphatic heterocycles. The Balaban J connectivity index is 2.07. The third-order valence-electron chi connectivity index (χ3n) is 3.09. The van der Waals surface area contributed by atoms with Crippen LogP contribution < -0.4 is 16.8 Å². The number of benzene rings is 1. The van der Waals surface area contributed by atoms with Crippen LogP contribution in [-0.2, 0) is 6.42 Å². The van der Waals surface area contributed by atoms with Crippen molar-refractivity contribution in [3.8, 4) is 0 Å². The summed E-state index contributed by atoms with van der Waals surface area (Å²) in [5.41, 5.74) is -1.95. The molecule has 3 rings (SSSR count). The van der Waals surface area contributed by atoms with Gasteiger partial charge in [0.25, 0.3) is 11.1 Å². The zero-order valence-corrected chi connectivity index (χ0v) is 11.2. The number of aromatic nitrogens is 4. The number of carbonyl (C=O) groups is 1. The van der Waals surface area contributed by atoms with Crippen LogP contribution in [0, 0.1) is 0 Å². The molecule has 0 fully saturated rings. The third-order valence-corrected chi connectivity index (χ3v) is 3.09. The van der Waals surface area contributed by atoms with Gasteiger partial charge in [-0.05, 0) is 0 Å². The fraction of sp³-hybridized carbons (Fsp3) is 0.0714. The molecule has 0 radical (unpaired) electrons. The summed E-state index contributed by atoms with van der Waals surface area (Å²) < 4.78 is 0. The lowest BCUT2D eigenvalue weighted by Gasteiger charge is -2.02. The highest BCUT2D eigenvalue weighted by Crippen LogP contribution is 2.04. The van der Waals surface area contributed by atoms with Crippen LogP contribution in [0.25, 0.3) is 11.2 Å². The number of nitrogens with zero attached hydrogens (tertiary/aromatic N) is 1. The molecule has 110 valence electrons. The lowest BCUT2D eigenvalue weighted by atomic mass is 10.1. The molecule has 1 aromatic carbocycles. The molecule has 22 heavy (non-hydrogen) atoms. The normalized spacial score (nSPS) is 10.7. The summed E-state index contributed by atoms with van der Waals surface area (Å²) in [4.78, 5) is 57.4. The summed E-state index contributed by atoms with van der Waals surface area (Å²) in [6, 6.07) is 8.44. The average Bonchev–Trinajstić information content (AvgIpc) is 2.49. The van der Waals surface area contributed by atoms with Crippen LogP contribution in [0.4, 0.5) is 0 Å². The van der Waals surface area contributed by atoms with E-state index in [2.05, 4.69) is 15.0 Å². The number of ketones is 1. The second-order valence-electron chi connectivity index (χ2n) is 4.61. The minimum atomic E-state index is -0.747. The average molecular weight is 298 g/mol. The van der Waals surface area contributed by atoms with Gasteiger partial charge in [0.1, 0.15) is 11.3 Å². The highest BCUT2D eigenvalue weighted by molar-refractivity contribution is 5.97. The maximum Gasteiger partial charge on any atom is 0.327 e. The lowest BCUT2D eigenvalue weighted by molar-refractivity contribution is 0.0991. The van der Waals surface area contributed by atoms with Crippen molar-refractivity contribution in [1.82, 2.24) is 19.9 Å². The molecule has 2 aromatic heterocycles. The van der Waals surface area contributed by atoms with Crippen molar-refractivity contribution in [3.05, 3.63) is 72.8 Å². The molecule has 0 amide bonds. The van der Waals surface area contributed by atoms with E-state index in [0.29, 0.717) is 5.56 Å². The van der Waals surface area contributed by atoms with E-state index in [4.69, 9.17) is 0 Å². The number of nitrogens with one attached hydrogen (secondary N) is 3. The second-order valence-corrected chi connectivity index (χ2v) is 4.61. The molecule has 0 saturated carbocycles. The number of aromatic amines is 3. The highest BCUT2D eigenvalue weighted by Gasteiger charge is 2.13. The van der Waals surface area contributed by atoms with Crippen molar-refractivity contribution in [2.45, 2.75) is 6.42 Å². The van der Waals surface area contributed by atoms with Gasteiger partial charge < -0.3 is 4.98 Å². The molecular weight excluding hydrogens is 288 g/mol. The number of fused-ring (bicyclic) bond motifs is 1. The van der Waals surface area contributed by atoms with E-state index >= 15 is 0 Å². The van der Waals surface area contributed by atoms with E-state index < -0.39 is 16.8 Å². The molecule has 8 nitrogen and oxygen atoms in total. The monoisotopic (exact) mass is 298 g/mol. The van der Waals surface area contributed by atoms with Crippen molar-refractivity contribution in [1.29, 1.82) is 0 Å². The van der Waals surface area contributed by atoms with Gasteiger partial charge >= 0.3 is 5.69 Å². The fourth-order valence-electron chi connectivity index (χ4n) is 2.05. The molecule has 0 bridgehead atoms. The van der Waals surface area contributed by atoms with Crippen LogP contribution in [0.5, 0.6) is 0 Å². The molecule has 0 aliphatic carbocycles. The number of hydrogen-bond donors (Lipinski definition) is 3. The van der Waals surface area contributed by atoms with Gasteiger partial charge in [-0.3, -0.25) is 24.4 Å². The van der Waals surface area contributed by atoms with E-state index in [1.165, 1.54) is 0 Å². The lowest BCUT2D eigenvalue weighted by Crippen LogP contribution is -2.27. The Kier molecular flexibility index (Phi) is 3.26. The summed E-state index contributed by atoms with van der Waals surface area (Å²) in [5, 5.41) is 0. The van der Waals surface area contributed by atoms with Gasteiger partial charge in [-0.1, -0.05) is 30.3 Å².